The number of amides is 1. The summed E-state index contributed by atoms with van der Waals surface area (Å²) >= 11 is 0. The molecule has 0 fully saturated rings. The molecule has 0 aromatic heterocycles. The molecule has 0 bridgehead atoms. The Morgan fingerprint density at radius 3 is 2.12 bits per heavy atom. The lowest BCUT2D eigenvalue weighted by molar-refractivity contribution is -0.384. The normalized spacial score (nSPS) is 10.4. The molecule has 0 aliphatic rings. The summed E-state index contributed by atoms with van der Waals surface area (Å²) in [6, 6.07) is 17.5. The summed E-state index contributed by atoms with van der Waals surface area (Å²) in [5.74, 6) is 1.78. The monoisotopic (exact) mass is 450 g/mol. The average molecular weight is 450 g/mol. The average Bonchev–Trinajstić information content (AvgIpc) is 2.83. The highest BCUT2D eigenvalue weighted by Gasteiger charge is 2.11. The number of nitrogens with zero attached hydrogens (tertiary/aromatic N) is 1. The molecule has 0 aliphatic carbocycles. The second kappa shape index (κ2) is 11.0. The van der Waals surface area contributed by atoms with Gasteiger partial charge in [0, 0.05) is 24.2 Å². The van der Waals surface area contributed by atoms with Gasteiger partial charge in [-0.2, -0.15) is 0 Å². The van der Waals surface area contributed by atoms with Gasteiger partial charge in [0.15, 0.2) is 11.5 Å². The summed E-state index contributed by atoms with van der Waals surface area (Å²) in [7, 11) is 4.71. The van der Waals surface area contributed by atoms with Gasteiger partial charge in [0.25, 0.3) is 5.69 Å². The molecule has 1 N–H and O–H groups in total. The summed E-state index contributed by atoms with van der Waals surface area (Å²) in [6.45, 7) is 0.478. The second-order valence-corrected chi connectivity index (χ2v) is 7.30. The van der Waals surface area contributed by atoms with Crippen molar-refractivity contribution in [3.8, 4) is 28.4 Å². The molecule has 0 saturated carbocycles. The van der Waals surface area contributed by atoms with Crippen molar-refractivity contribution in [3.05, 3.63) is 81.9 Å². The van der Waals surface area contributed by atoms with Crippen molar-refractivity contribution in [1.82, 2.24) is 5.32 Å². The van der Waals surface area contributed by atoms with Crippen LogP contribution in [0.5, 0.6) is 17.2 Å². The van der Waals surface area contributed by atoms with Gasteiger partial charge in [0.2, 0.25) is 5.91 Å². The van der Waals surface area contributed by atoms with Gasteiger partial charge in [-0.15, -0.1) is 0 Å². The SMILES string of the molecule is COc1ccc(CC(=O)NCCc2ccc(-c3ccc([N+](=O)[O-])cc3)c(OC)c2)cc1OC. The molecule has 8 nitrogen and oxygen atoms in total. The molecule has 0 aliphatic heterocycles. The highest BCUT2D eigenvalue weighted by Crippen LogP contribution is 2.32. The maximum Gasteiger partial charge on any atom is 0.269 e. The third kappa shape index (κ3) is 6.00. The molecule has 33 heavy (non-hydrogen) atoms. The Labute approximate surface area is 192 Å². The zero-order valence-electron chi connectivity index (χ0n) is 18.8. The molecule has 8 heteroatoms. The number of ether oxygens (including phenoxy) is 3. The first-order chi connectivity index (χ1) is 15.9. The van der Waals surface area contributed by atoms with Crippen LogP contribution in [-0.4, -0.2) is 38.7 Å². The van der Waals surface area contributed by atoms with E-state index in [0.717, 1.165) is 22.3 Å². The number of nitro groups is 1. The Morgan fingerprint density at radius 1 is 0.848 bits per heavy atom. The largest absolute Gasteiger partial charge is 0.496 e. The van der Waals surface area contributed by atoms with Crippen LogP contribution in [0, 0.1) is 10.1 Å². The van der Waals surface area contributed by atoms with E-state index in [-0.39, 0.29) is 18.0 Å². The molecule has 0 atom stereocenters. The zero-order valence-corrected chi connectivity index (χ0v) is 18.8. The van der Waals surface area contributed by atoms with E-state index < -0.39 is 4.92 Å². The van der Waals surface area contributed by atoms with Gasteiger partial charge in [0.05, 0.1) is 32.7 Å². The molecule has 0 radical (unpaired) electrons. The van der Waals surface area contributed by atoms with Crippen molar-refractivity contribution in [2.45, 2.75) is 12.8 Å². The molecule has 172 valence electrons. The molecule has 3 rings (SSSR count). The minimum absolute atomic E-state index is 0.0400. The summed E-state index contributed by atoms with van der Waals surface area (Å²) in [5.41, 5.74) is 3.54. The molecule has 0 saturated heterocycles. The third-order valence-corrected chi connectivity index (χ3v) is 5.20. The van der Waals surface area contributed by atoms with Crippen LogP contribution >= 0.6 is 0 Å². The molecule has 3 aromatic carbocycles. The number of carbonyl (C=O) groups excluding carboxylic acids is 1. The van der Waals surface area contributed by atoms with Crippen molar-refractivity contribution in [2.75, 3.05) is 27.9 Å². The van der Waals surface area contributed by atoms with Gasteiger partial charge in [-0.25, -0.2) is 0 Å². The van der Waals surface area contributed by atoms with Crippen molar-refractivity contribution >= 4 is 11.6 Å². The van der Waals surface area contributed by atoms with Crippen LogP contribution in [-0.2, 0) is 17.6 Å². The van der Waals surface area contributed by atoms with E-state index in [1.807, 2.05) is 24.3 Å². The minimum atomic E-state index is -0.427. The number of nitrogens with one attached hydrogen (secondary N) is 1. The van der Waals surface area contributed by atoms with Crippen molar-refractivity contribution < 1.29 is 23.9 Å². The quantitative estimate of drug-likeness (QED) is 0.367. The van der Waals surface area contributed by atoms with Gasteiger partial charge in [-0.3, -0.25) is 14.9 Å². The van der Waals surface area contributed by atoms with Crippen LogP contribution in [0.4, 0.5) is 5.69 Å². The maximum atomic E-state index is 12.3. The Morgan fingerprint density at radius 2 is 1.48 bits per heavy atom. The van der Waals surface area contributed by atoms with Crippen LogP contribution in [0.2, 0.25) is 0 Å². The number of rotatable bonds is 10. The van der Waals surface area contributed by atoms with Crippen molar-refractivity contribution in [1.29, 1.82) is 0 Å². The second-order valence-electron chi connectivity index (χ2n) is 7.30. The third-order valence-electron chi connectivity index (χ3n) is 5.20. The first-order valence-corrected chi connectivity index (χ1v) is 10.3. The number of non-ortho nitro benzene ring substituents is 1. The maximum absolute atomic E-state index is 12.3. The fraction of sp³-hybridized carbons (Fsp3) is 0.240. The van der Waals surface area contributed by atoms with E-state index in [1.165, 1.54) is 12.1 Å². The molecule has 0 heterocycles. The lowest BCUT2D eigenvalue weighted by Gasteiger charge is -2.12. The molecule has 1 amide bonds. The molecule has 3 aromatic rings. The Balaban J connectivity index is 1.59. The number of carbonyl (C=O) groups is 1. The van der Waals surface area contributed by atoms with Crippen molar-refractivity contribution in [3.63, 3.8) is 0 Å². The highest BCUT2D eigenvalue weighted by atomic mass is 16.6. The lowest BCUT2D eigenvalue weighted by Crippen LogP contribution is -2.27. The first kappa shape index (κ1) is 23.6. The number of hydrogen-bond donors (Lipinski definition) is 1. The zero-order chi connectivity index (χ0) is 23.8. The standard InChI is InChI=1S/C25H26N2O6/c1-31-22-11-5-18(15-24(22)33-3)16-25(28)26-13-12-17-4-10-21(23(14-17)32-2)19-6-8-20(9-7-19)27(29)30/h4-11,14-15H,12-13,16H2,1-3H3,(H,26,28). The predicted octanol–water partition coefficient (Wildman–Crippen LogP) is 4.19. The topological polar surface area (TPSA) is 99.9 Å². The summed E-state index contributed by atoms with van der Waals surface area (Å²) in [4.78, 5) is 22.8. The van der Waals surface area contributed by atoms with Crippen LogP contribution in [0.1, 0.15) is 11.1 Å². The van der Waals surface area contributed by atoms with E-state index in [9.17, 15) is 14.9 Å². The fourth-order valence-electron chi connectivity index (χ4n) is 3.48. The smallest absolute Gasteiger partial charge is 0.269 e. The van der Waals surface area contributed by atoms with Gasteiger partial charge in [-0.1, -0.05) is 18.2 Å². The van der Waals surface area contributed by atoms with Gasteiger partial charge < -0.3 is 19.5 Å². The highest BCUT2D eigenvalue weighted by molar-refractivity contribution is 5.79. The van der Waals surface area contributed by atoms with E-state index in [0.29, 0.717) is 30.2 Å². The number of benzene rings is 3. The molecular weight excluding hydrogens is 424 g/mol. The van der Waals surface area contributed by atoms with Gasteiger partial charge in [0.1, 0.15) is 5.75 Å². The van der Waals surface area contributed by atoms with Crippen LogP contribution < -0.4 is 19.5 Å². The van der Waals surface area contributed by atoms with Crippen LogP contribution in [0.15, 0.2) is 60.7 Å². The molecular formula is C25H26N2O6. The number of nitro benzene ring substituents is 1. The van der Waals surface area contributed by atoms with Gasteiger partial charge >= 0.3 is 0 Å². The molecule has 0 unspecified atom stereocenters. The fourth-order valence-corrected chi connectivity index (χ4v) is 3.48. The summed E-state index contributed by atoms with van der Waals surface area (Å²) in [6.07, 6.45) is 0.872. The van der Waals surface area contributed by atoms with E-state index >= 15 is 0 Å². The minimum Gasteiger partial charge on any atom is -0.496 e. The Hall–Kier alpha value is -4.07. The molecule has 0 spiro atoms. The summed E-state index contributed by atoms with van der Waals surface area (Å²) < 4.78 is 16.0. The summed E-state index contributed by atoms with van der Waals surface area (Å²) in [5, 5.41) is 13.8. The first-order valence-electron chi connectivity index (χ1n) is 10.3. The van der Waals surface area contributed by atoms with Crippen molar-refractivity contribution in [2.24, 2.45) is 0 Å². The Kier molecular flexibility index (Phi) is 7.86. The predicted molar refractivity (Wildman–Crippen MR) is 125 cm³/mol. The lowest BCUT2D eigenvalue weighted by atomic mass is 10.0. The van der Waals surface area contributed by atoms with E-state index in [4.69, 9.17) is 14.2 Å². The van der Waals surface area contributed by atoms with Crippen LogP contribution in [0.25, 0.3) is 11.1 Å². The van der Waals surface area contributed by atoms with Crippen LogP contribution in [0.3, 0.4) is 0 Å². The van der Waals surface area contributed by atoms with Gasteiger partial charge in [-0.05, 0) is 53.4 Å². The van der Waals surface area contributed by atoms with E-state index in [2.05, 4.69) is 5.32 Å². The number of methoxy groups -OCH3 is 3. The Bertz CT molecular complexity index is 1130. The van der Waals surface area contributed by atoms with E-state index in [1.54, 1.807) is 45.6 Å². The number of hydrogen-bond acceptors (Lipinski definition) is 6.